The average molecular weight is 476 g/mol. The van der Waals surface area contributed by atoms with Gasteiger partial charge in [-0.15, -0.1) is 0 Å². The molecule has 0 radical (unpaired) electrons. The number of carbonyl (C=O) groups is 3. The number of carbonyl (C=O) groups excluding carboxylic acids is 3. The maximum absolute atomic E-state index is 13.6. The van der Waals surface area contributed by atoms with E-state index in [-0.39, 0.29) is 31.0 Å². The average Bonchev–Trinajstić information content (AvgIpc) is 2.75. The van der Waals surface area contributed by atoms with E-state index >= 15 is 0 Å². The van der Waals surface area contributed by atoms with Gasteiger partial charge in [-0.05, 0) is 50.8 Å². The fourth-order valence-electron chi connectivity index (χ4n) is 4.44. The van der Waals surface area contributed by atoms with Gasteiger partial charge in [0.05, 0.1) is 25.4 Å². The van der Waals surface area contributed by atoms with Crippen LogP contribution in [0.5, 0.6) is 0 Å². The van der Waals surface area contributed by atoms with E-state index in [0.29, 0.717) is 39.5 Å². The number of hydrogen-bond acceptors (Lipinski definition) is 7. The first kappa shape index (κ1) is 25.0. The number of methoxy groups -OCH3 is 1. The van der Waals surface area contributed by atoms with Crippen LogP contribution in [0.1, 0.15) is 45.6 Å². The topological polar surface area (TPSA) is 90.9 Å². The summed E-state index contributed by atoms with van der Waals surface area (Å²) in [5.41, 5.74) is 2.75. The zero-order valence-electron chi connectivity index (χ0n) is 19.6. The minimum atomic E-state index is -0.930. The molecule has 1 N–H and O–H groups in total. The largest absolute Gasteiger partial charge is 0.468 e. The molecule has 0 aromatic heterocycles. The molecule has 7 nitrogen and oxygen atoms in total. The molecule has 3 rings (SSSR count). The Hall–Kier alpha value is -2.64. The fourth-order valence-corrected chi connectivity index (χ4v) is 4.56. The molecule has 2 aliphatic rings. The van der Waals surface area contributed by atoms with Crippen molar-refractivity contribution in [2.45, 2.75) is 46.1 Å². The molecule has 1 aromatic carbocycles. The second-order valence-corrected chi connectivity index (χ2v) is 9.08. The lowest BCUT2D eigenvalue weighted by molar-refractivity contribution is -0.151. The number of rotatable bonds is 7. The van der Waals surface area contributed by atoms with Crippen molar-refractivity contribution >= 4 is 29.3 Å². The first-order valence-electron chi connectivity index (χ1n) is 11.0. The summed E-state index contributed by atoms with van der Waals surface area (Å²) < 4.78 is 15.9. The van der Waals surface area contributed by atoms with E-state index in [2.05, 4.69) is 5.32 Å². The Balaban J connectivity index is 2.02. The van der Waals surface area contributed by atoms with Crippen LogP contribution in [0.4, 0.5) is 0 Å². The summed E-state index contributed by atoms with van der Waals surface area (Å²) in [4.78, 5) is 39.2. The number of Topliss-reactive ketones (excluding diaryl/α,β-unsaturated/α-hetero) is 1. The minimum absolute atomic E-state index is 0.0210. The molecule has 0 unspecified atom stereocenters. The molecule has 0 saturated heterocycles. The maximum Gasteiger partial charge on any atom is 0.336 e. The van der Waals surface area contributed by atoms with E-state index in [1.54, 1.807) is 31.2 Å². The summed E-state index contributed by atoms with van der Waals surface area (Å²) in [7, 11) is 1.27. The highest BCUT2D eigenvalue weighted by atomic mass is 35.5. The Kier molecular flexibility index (Phi) is 7.97. The number of nitrogens with one attached hydrogen (secondary N) is 1. The van der Waals surface area contributed by atoms with E-state index in [9.17, 15) is 14.4 Å². The van der Waals surface area contributed by atoms with Crippen LogP contribution < -0.4 is 5.32 Å². The van der Waals surface area contributed by atoms with E-state index in [0.717, 1.165) is 0 Å². The van der Waals surface area contributed by atoms with Crippen LogP contribution in [0, 0.1) is 11.8 Å². The zero-order chi connectivity index (χ0) is 24.3. The van der Waals surface area contributed by atoms with Gasteiger partial charge >= 0.3 is 11.9 Å². The number of hydrogen-bond donors (Lipinski definition) is 1. The van der Waals surface area contributed by atoms with E-state index < -0.39 is 23.8 Å². The van der Waals surface area contributed by atoms with Crippen molar-refractivity contribution < 1.29 is 28.6 Å². The third-order valence-electron chi connectivity index (χ3n) is 5.93. The second kappa shape index (κ2) is 10.5. The van der Waals surface area contributed by atoms with Gasteiger partial charge in [0, 0.05) is 27.9 Å². The van der Waals surface area contributed by atoms with Gasteiger partial charge in [0.2, 0.25) is 0 Å². The van der Waals surface area contributed by atoms with Crippen molar-refractivity contribution in [3.05, 3.63) is 57.4 Å². The normalized spacial score (nSPS) is 22.8. The summed E-state index contributed by atoms with van der Waals surface area (Å²) in [6.07, 6.45) is 0.500. The van der Waals surface area contributed by atoms with Gasteiger partial charge in [0.25, 0.3) is 0 Å². The van der Waals surface area contributed by atoms with E-state index in [1.807, 2.05) is 20.8 Å². The number of halogens is 1. The van der Waals surface area contributed by atoms with Crippen LogP contribution in [0.25, 0.3) is 0 Å². The molecule has 1 aromatic rings. The van der Waals surface area contributed by atoms with Crippen LogP contribution in [0.3, 0.4) is 0 Å². The quantitative estimate of drug-likeness (QED) is 0.363. The molecule has 0 spiro atoms. The molecule has 33 heavy (non-hydrogen) atoms. The van der Waals surface area contributed by atoms with Gasteiger partial charge in [0.1, 0.15) is 12.5 Å². The van der Waals surface area contributed by atoms with Crippen molar-refractivity contribution in [1.29, 1.82) is 0 Å². The molecule has 0 fully saturated rings. The molecule has 178 valence electrons. The SMILES string of the molecule is COC(=O)[C@@H]1C(=O)C2=C(C[C@H]1C)NC(C)=C(C(=O)OCCOC(C)C)[C@H]2c1ccc(Cl)cc1. The summed E-state index contributed by atoms with van der Waals surface area (Å²) in [5, 5.41) is 3.77. The smallest absolute Gasteiger partial charge is 0.336 e. The van der Waals surface area contributed by atoms with E-state index in [1.165, 1.54) is 7.11 Å². The summed E-state index contributed by atoms with van der Waals surface area (Å²) in [6.45, 7) is 7.79. The highest BCUT2D eigenvalue weighted by molar-refractivity contribution is 6.30. The Labute approximate surface area is 199 Å². The van der Waals surface area contributed by atoms with Crippen LogP contribution in [-0.4, -0.2) is 44.1 Å². The summed E-state index contributed by atoms with van der Waals surface area (Å²) >= 11 is 6.09. The highest BCUT2D eigenvalue weighted by Gasteiger charge is 2.47. The van der Waals surface area contributed by atoms with Crippen molar-refractivity contribution in [3.8, 4) is 0 Å². The lowest BCUT2D eigenvalue weighted by Gasteiger charge is -2.38. The molecule has 1 aliphatic heterocycles. The molecule has 1 heterocycles. The highest BCUT2D eigenvalue weighted by Crippen LogP contribution is 2.45. The maximum atomic E-state index is 13.6. The predicted octanol–water partition coefficient (Wildman–Crippen LogP) is 3.92. The standard InChI is InChI=1S/C25H30ClNO6/c1-13(2)32-10-11-33-25(30)20-15(4)27-18-12-14(3)19(24(29)31-5)23(28)22(18)21(20)16-6-8-17(26)9-7-16/h6-9,13-14,19,21,27H,10-12H2,1-5H3/t14-,19+,21-/m1/s1. The van der Waals surface area contributed by atoms with Crippen LogP contribution in [-0.2, 0) is 28.6 Å². The van der Waals surface area contributed by atoms with Crippen LogP contribution in [0.15, 0.2) is 46.8 Å². The number of benzene rings is 1. The molecular formula is C25H30ClNO6. The van der Waals surface area contributed by atoms with Gasteiger partial charge in [-0.25, -0.2) is 4.79 Å². The molecular weight excluding hydrogens is 446 g/mol. The first-order valence-corrected chi connectivity index (χ1v) is 11.4. The monoisotopic (exact) mass is 475 g/mol. The number of esters is 2. The Bertz CT molecular complexity index is 995. The van der Waals surface area contributed by atoms with Crippen LogP contribution in [0.2, 0.25) is 5.02 Å². The zero-order valence-corrected chi connectivity index (χ0v) is 20.3. The summed E-state index contributed by atoms with van der Waals surface area (Å²) in [5.74, 6) is -3.32. The van der Waals surface area contributed by atoms with Crippen molar-refractivity contribution in [1.82, 2.24) is 5.32 Å². The van der Waals surface area contributed by atoms with Gasteiger partial charge in [0.15, 0.2) is 5.78 Å². The van der Waals surface area contributed by atoms with Gasteiger partial charge < -0.3 is 19.5 Å². The number of dihydropyridines is 1. The third kappa shape index (κ3) is 5.31. The molecule has 0 bridgehead atoms. The first-order chi connectivity index (χ1) is 15.6. The Morgan fingerprint density at radius 3 is 2.45 bits per heavy atom. The minimum Gasteiger partial charge on any atom is -0.468 e. The fraction of sp³-hybridized carbons (Fsp3) is 0.480. The van der Waals surface area contributed by atoms with Gasteiger partial charge in [-0.2, -0.15) is 0 Å². The number of allylic oxidation sites excluding steroid dienone is 3. The van der Waals surface area contributed by atoms with Crippen molar-refractivity contribution in [2.75, 3.05) is 20.3 Å². The molecule has 0 amide bonds. The number of ether oxygens (including phenoxy) is 3. The Morgan fingerprint density at radius 2 is 1.85 bits per heavy atom. The van der Waals surface area contributed by atoms with Crippen molar-refractivity contribution in [3.63, 3.8) is 0 Å². The van der Waals surface area contributed by atoms with Gasteiger partial charge in [-0.3, -0.25) is 9.59 Å². The predicted molar refractivity (Wildman–Crippen MR) is 123 cm³/mol. The third-order valence-corrected chi connectivity index (χ3v) is 6.19. The van der Waals surface area contributed by atoms with Crippen molar-refractivity contribution in [2.24, 2.45) is 11.8 Å². The molecule has 1 aliphatic carbocycles. The molecule has 8 heteroatoms. The lowest BCUT2D eigenvalue weighted by atomic mass is 9.69. The lowest BCUT2D eigenvalue weighted by Crippen LogP contribution is -2.43. The van der Waals surface area contributed by atoms with Gasteiger partial charge in [-0.1, -0.05) is 30.7 Å². The Morgan fingerprint density at radius 1 is 1.18 bits per heavy atom. The molecule has 0 saturated carbocycles. The van der Waals surface area contributed by atoms with E-state index in [4.69, 9.17) is 25.8 Å². The second-order valence-electron chi connectivity index (χ2n) is 8.64. The van der Waals surface area contributed by atoms with Crippen LogP contribution >= 0.6 is 11.6 Å². The number of ketones is 1. The summed E-state index contributed by atoms with van der Waals surface area (Å²) in [6, 6.07) is 6.98. The molecule has 3 atom stereocenters.